The van der Waals surface area contributed by atoms with Crippen molar-refractivity contribution in [2.24, 2.45) is 0 Å². The number of benzene rings is 1. The highest BCUT2D eigenvalue weighted by molar-refractivity contribution is 8.00. The second kappa shape index (κ2) is 5.41. The van der Waals surface area contributed by atoms with Gasteiger partial charge in [0.25, 0.3) is 5.91 Å². The van der Waals surface area contributed by atoms with Crippen LogP contribution < -0.4 is 5.73 Å². The van der Waals surface area contributed by atoms with Gasteiger partial charge in [0.05, 0.1) is 5.56 Å². The molecule has 1 fully saturated rings. The van der Waals surface area contributed by atoms with Crippen LogP contribution in [0.25, 0.3) is 0 Å². The number of aryl methyl sites for hydroxylation is 1. The molecule has 2 atom stereocenters. The van der Waals surface area contributed by atoms with Crippen molar-refractivity contribution in [1.29, 1.82) is 0 Å². The van der Waals surface area contributed by atoms with Crippen LogP contribution in [0.5, 0.6) is 0 Å². The molecule has 0 radical (unpaired) electrons. The fourth-order valence-corrected chi connectivity index (χ4v) is 3.79. The normalized spacial score (nSPS) is 23.5. The lowest BCUT2D eigenvalue weighted by atomic mass is 10.1. The number of halogens is 1. The summed E-state index contributed by atoms with van der Waals surface area (Å²) in [5.41, 5.74) is 6.63. The van der Waals surface area contributed by atoms with E-state index in [2.05, 4.69) is 13.8 Å². The third-order valence-electron chi connectivity index (χ3n) is 3.21. The highest BCUT2D eigenvalue weighted by Crippen LogP contribution is 2.27. The molecule has 1 aliphatic heterocycles. The molecule has 104 valence electrons. The second-order valence-electron chi connectivity index (χ2n) is 5.17. The van der Waals surface area contributed by atoms with Gasteiger partial charge in [-0.1, -0.05) is 13.8 Å². The van der Waals surface area contributed by atoms with E-state index in [4.69, 9.17) is 5.73 Å². The first-order valence-corrected chi connectivity index (χ1v) is 7.33. The van der Waals surface area contributed by atoms with E-state index in [1.807, 2.05) is 11.8 Å². The first kappa shape index (κ1) is 14.2. The molecule has 0 aliphatic carbocycles. The van der Waals surface area contributed by atoms with Gasteiger partial charge in [0.1, 0.15) is 5.82 Å². The van der Waals surface area contributed by atoms with Gasteiger partial charge in [-0.15, -0.1) is 0 Å². The Kier molecular flexibility index (Phi) is 4.04. The van der Waals surface area contributed by atoms with Crippen molar-refractivity contribution in [3.05, 3.63) is 29.1 Å². The minimum absolute atomic E-state index is 0.0869. The van der Waals surface area contributed by atoms with E-state index in [1.54, 1.807) is 17.9 Å². The van der Waals surface area contributed by atoms with Crippen LogP contribution in [0.2, 0.25) is 0 Å². The van der Waals surface area contributed by atoms with Gasteiger partial charge in [-0.2, -0.15) is 11.8 Å². The number of anilines is 1. The maximum Gasteiger partial charge on any atom is 0.256 e. The molecule has 19 heavy (non-hydrogen) atoms. The van der Waals surface area contributed by atoms with Crippen LogP contribution in [-0.4, -0.2) is 34.4 Å². The highest BCUT2D eigenvalue weighted by Gasteiger charge is 2.28. The van der Waals surface area contributed by atoms with Crippen LogP contribution in [-0.2, 0) is 0 Å². The molecule has 1 aromatic rings. The maximum absolute atomic E-state index is 14.1. The molecule has 2 N–H and O–H groups in total. The Hall–Kier alpha value is -1.23. The predicted octanol–water partition coefficient (Wildman–Crippen LogP) is 2.68. The monoisotopic (exact) mass is 282 g/mol. The van der Waals surface area contributed by atoms with Crippen LogP contribution in [0, 0.1) is 12.7 Å². The molecule has 0 saturated carbocycles. The third kappa shape index (κ3) is 3.03. The van der Waals surface area contributed by atoms with E-state index < -0.39 is 5.82 Å². The summed E-state index contributed by atoms with van der Waals surface area (Å²) >= 11 is 1.86. The average molecular weight is 282 g/mol. The largest absolute Gasteiger partial charge is 0.399 e. The van der Waals surface area contributed by atoms with E-state index >= 15 is 0 Å². The van der Waals surface area contributed by atoms with Gasteiger partial charge in [0, 0.05) is 29.3 Å². The van der Waals surface area contributed by atoms with Gasteiger partial charge in [-0.3, -0.25) is 4.79 Å². The number of nitrogens with zero attached hydrogens (tertiary/aromatic N) is 1. The van der Waals surface area contributed by atoms with E-state index in [1.165, 1.54) is 6.07 Å². The zero-order valence-electron chi connectivity index (χ0n) is 11.4. The van der Waals surface area contributed by atoms with Crippen LogP contribution in [0.3, 0.4) is 0 Å². The van der Waals surface area contributed by atoms with Gasteiger partial charge in [0.2, 0.25) is 0 Å². The molecule has 2 rings (SSSR count). The highest BCUT2D eigenvalue weighted by atomic mass is 32.2. The van der Waals surface area contributed by atoms with Gasteiger partial charge >= 0.3 is 0 Å². The van der Waals surface area contributed by atoms with E-state index in [0.717, 1.165) is 0 Å². The summed E-state index contributed by atoms with van der Waals surface area (Å²) in [4.78, 5) is 14.2. The van der Waals surface area contributed by atoms with Gasteiger partial charge < -0.3 is 10.6 Å². The Labute approximate surface area is 117 Å². The molecular formula is C14H19FN2OS. The van der Waals surface area contributed by atoms with Crippen molar-refractivity contribution in [2.45, 2.75) is 31.3 Å². The number of nitrogen functional groups attached to an aromatic ring is 1. The number of amides is 1. The molecule has 0 bridgehead atoms. The number of thioether (sulfide) groups is 1. The lowest BCUT2D eigenvalue weighted by Gasteiger charge is -2.34. The molecule has 1 heterocycles. The smallest absolute Gasteiger partial charge is 0.256 e. The van der Waals surface area contributed by atoms with Gasteiger partial charge in [-0.05, 0) is 24.6 Å². The number of hydrogen-bond donors (Lipinski definition) is 1. The zero-order valence-corrected chi connectivity index (χ0v) is 12.3. The lowest BCUT2D eigenvalue weighted by molar-refractivity contribution is 0.0748. The van der Waals surface area contributed by atoms with E-state index in [-0.39, 0.29) is 11.5 Å². The summed E-state index contributed by atoms with van der Waals surface area (Å²) in [6, 6.07) is 2.98. The third-order valence-corrected chi connectivity index (χ3v) is 4.44. The van der Waals surface area contributed by atoms with Crippen LogP contribution in [0.1, 0.15) is 29.8 Å². The fraction of sp³-hybridized carbons (Fsp3) is 0.500. The number of hydrogen-bond acceptors (Lipinski definition) is 3. The Bertz CT molecular complexity index is 496. The van der Waals surface area contributed by atoms with Crippen molar-refractivity contribution < 1.29 is 9.18 Å². The Morgan fingerprint density at radius 1 is 1.37 bits per heavy atom. The SMILES string of the molecule is Cc1cc(N)cc(C(=O)N2CC(C)SC(C)C2)c1F. The molecule has 1 amide bonds. The number of nitrogens with two attached hydrogens (primary N) is 1. The molecule has 1 aliphatic rings. The quantitative estimate of drug-likeness (QED) is 0.806. The minimum atomic E-state index is -0.460. The molecule has 5 heteroatoms. The first-order chi connectivity index (χ1) is 8.88. The fourth-order valence-electron chi connectivity index (χ4n) is 2.47. The van der Waals surface area contributed by atoms with Crippen molar-refractivity contribution in [2.75, 3.05) is 18.8 Å². The summed E-state index contributed by atoms with van der Waals surface area (Å²) in [6.45, 7) is 7.10. The zero-order chi connectivity index (χ0) is 14.2. The van der Waals surface area contributed by atoms with Crippen molar-refractivity contribution in [3.8, 4) is 0 Å². The number of carbonyl (C=O) groups is 1. The molecule has 2 unspecified atom stereocenters. The Morgan fingerprint density at radius 3 is 2.53 bits per heavy atom. The van der Waals surface area contributed by atoms with Gasteiger partial charge in [-0.25, -0.2) is 4.39 Å². The summed E-state index contributed by atoms with van der Waals surface area (Å²) in [5.74, 6) is -0.718. The van der Waals surface area contributed by atoms with Gasteiger partial charge in [0.15, 0.2) is 0 Å². The first-order valence-electron chi connectivity index (χ1n) is 6.39. The van der Waals surface area contributed by atoms with Crippen LogP contribution in [0.4, 0.5) is 10.1 Å². The second-order valence-corrected chi connectivity index (χ2v) is 7.05. The molecular weight excluding hydrogens is 263 g/mol. The van der Waals surface area contributed by atoms with Crippen LogP contribution in [0.15, 0.2) is 12.1 Å². The summed E-state index contributed by atoms with van der Waals surface area (Å²) in [7, 11) is 0. The topological polar surface area (TPSA) is 46.3 Å². The standard InChI is InChI=1S/C14H19FN2OS/c1-8-4-11(16)5-12(13(8)15)14(18)17-6-9(2)19-10(3)7-17/h4-5,9-10H,6-7,16H2,1-3H3. The molecule has 1 saturated heterocycles. The summed E-state index contributed by atoms with van der Waals surface area (Å²) in [6.07, 6.45) is 0. The Morgan fingerprint density at radius 2 is 1.95 bits per heavy atom. The van der Waals surface area contributed by atoms with E-state index in [0.29, 0.717) is 34.8 Å². The average Bonchev–Trinajstić information content (AvgIpc) is 2.31. The van der Waals surface area contributed by atoms with Crippen molar-refractivity contribution in [1.82, 2.24) is 4.90 Å². The molecule has 1 aromatic carbocycles. The lowest BCUT2D eigenvalue weighted by Crippen LogP contribution is -2.44. The van der Waals surface area contributed by atoms with Crippen LogP contribution >= 0.6 is 11.8 Å². The Balaban J connectivity index is 2.29. The molecule has 0 spiro atoms. The van der Waals surface area contributed by atoms with Crippen molar-refractivity contribution >= 4 is 23.4 Å². The van der Waals surface area contributed by atoms with E-state index in [9.17, 15) is 9.18 Å². The number of carbonyl (C=O) groups excluding carboxylic acids is 1. The maximum atomic E-state index is 14.1. The summed E-state index contributed by atoms with van der Waals surface area (Å²) < 4.78 is 14.1. The number of rotatable bonds is 1. The minimum Gasteiger partial charge on any atom is -0.399 e. The predicted molar refractivity (Wildman–Crippen MR) is 78.0 cm³/mol. The molecule has 0 aromatic heterocycles. The van der Waals surface area contributed by atoms with Crippen molar-refractivity contribution in [3.63, 3.8) is 0 Å². The molecule has 3 nitrogen and oxygen atoms in total. The summed E-state index contributed by atoms with van der Waals surface area (Å²) in [5, 5.41) is 0.746.